The molecule has 12 heteroatoms. The van der Waals surface area contributed by atoms with Gasteiger partial charge in [0, 0.05) is 35.6 Å². The summed E-state index contributed by atoms with van der Waals surface area (Å²) in [7, 11) is 0. The lowest BCUT2D eigenvalue weighted by Crippen LogP contribution is -2.30. The second kappa shape index (κ2) is 8.94. The van der Waals surface area contributed by atoms with E-state index in [-0.39, 0.29) is 35.4 Å². The number of carbonyl (C=O) groups is 1. The fourth-order valence-corrected chi connectivity index (χ4v) is 5.82. The Kier molecular flexibility index (Phi) is 5.59. The number of amides is 1. The number of H-pyrrole nitrogens is 1. The molecule has 0 spiro atoms. The molecule has 0 saturated heterocycles. The third kappa shape index (κ3) is 3.96. The summed E-state index contributed by atoms with van der Waals surface area (Å²) in [6, 6.07) is 6.28. The molecule has 0 saturated carbocycles. The van der Waals surface area contributed by atoms with Gasteiger partial charge in [-0.25, -0.2) is 9.97 Å². The number of carbonyl (C=O) groups excluding carboxylic acids is 1. The molecule has 6 rings (SSSR count). The van der Waals surface area contributed by atoms with E-state index in [1.54, 1.807) is 22.8 Å². The molecule has 1 unspecified atom stereocenters. The van der Waals surface area contributed by atoms with E-state index >= 15 is 0 Å². The van der Waals surface area contributed by atoms with Crippen LogP contribution in [-0.2, 0) is 24.1 Å². The average molecular weight is 506 g/mol. The molecule has 4 aromatic heterocycles. The van der Waals surface area contributed by atoms with E-state index in [0.29, 0.717) is 40.3 Å². The molecule has 1 amide bonds. The molecule has 2 N–H and O–H groups in total. The van der Waals surface area contributed by atoms with E-state index in [1.165, 1.54) is 28.8 Å². The number of aryl methyl sites for hydroxylation is 2. The largest absolute Gasteiger partial charge is 0.463 e. The Hall–Kier alpha value is -3.93. The SMILES string of the molecule is CCc1cc(=O)[nH]c(-n2nc(-c3ccco3)cc2NC(=O)CC2CSc3nc4c(c(=O)n32)CCC4)n1. The van der Waals surface area contributed by atoms with Gasteiger partial charge in [0.15, 0.2) is 10.9 Å². The smallest absolute Gasteiger partial charge is 0.257 e. The lowest BCUT2D eigenvalue weighted by Gasteiger charge is -2.15. The fourth-order valence-electron chi connectivity index (χ4n) is 4.66. The Bertz CT molecular complexity index is 1580. The summed E-state index contributed by atoms with van der Waals surface area (Å²) >= 11 is 1.50. The number of aromatic amines is 1. The number of thioether (sulfide) groups is 1. The van der Waals surface area contributed by atoms with E-state index in [0.717, 1.165) is 30.5 Å². The van der Waals surface area contributed by atoms with Crippen molar-refractivity contribution in [2.45, 2.75) is 50.2 Å². The van der Waals surface area contributed by atoms with Crippen LogP contribution in [0.25, 0.3) is 17.4 Å². The first-order chi connectivity index (χ1) is 17.5. The van der Waals surface area contributed by atoms with Crippen molar-refractivity contribution < 1.29 is 9.21 Å². The molecule has 36 heavy (non-hydrogen) atoms. The Morgan fingerprint density at radius 2 is 2.17 bits per heavy atom. The van der Waals surface area contributed by atoms with Crippen molar-refractivity contribution in [3.8, 4) is 17.4 Å². The highest BCUT2D eigenvalue weighted by atomic mass is 32.2. The van der Waals surface area contributed by atoms with Gasteiger partial charge in [0.05, 0.1) is 18.0 Å². The Morgan fingerprint density at radius 3 is 2.97 bits per heavy atom. The summed E-state index contributed by atoms with van der Waals surface area (Å²) < 4.78 is 8.52. The van der Waals surface area contributed by atoms with Crippen molar-refractivity contribution in [1.29, 1.82) is 0 Å². The third-order valence-corrected chi connectivity index (χ3v) is 7.49. The molecular formula is C24H23N7O4S. The summed E-state index contributed by atoms with van der Waals surface area (Å²) in [4.78, 5) is 50.3. The van der Waals surface area contributed by atoms with Crippen LogP contribution in [0.1, 0.15) is 42.8 Å². The normalized spacial score (nSPS) is 16.2. The standard InChI is InChI=1S/C24H23N7O4S/c1-2-13-9-20(32)28-23(25-13)31-19(11-17(29-31)18-7-4-8-35-18)27-21(33)10-14-12-36-24-26-16-6-3-5-15(16)22(34)30(14)24/h4,7-9,11,14H,2-3,5-6,10,12H2,1H3,(H,27,33)(H,25,28,32). The van der Waals surface area contributed by atoms with Gasteiger partial charge < -0.3 is 9.73 Å². The molecule has 184 valence electrons. The maximum absolute atomic E-state index is 13.2. The van der Waals surface area contributed by atoms with Crippen LogP contribution in [0.5, 0.6) is 0 Å². The van der Waals surface area contributed by atoms with Crippen LogP contribution in [-0.4, -0.2) is 41.0 Å². The highest BCUT2D eigenvalue weighted by Crippen LogP contribution is 2.34. The van der Waals surface area contributed by atoms with Gasteiger partial charge in [-0.3, -0.25) is 23.9 Å². The second-order valence-corrected chi connectivity index (χ2v) is 9.77. The molecule has 4 aromatic rings. The van der Waals surface area contributed by atoms with Crippen molar-refractivity contribution in [2.75, 3.05) is 11.1 Å². The lowest BCUT2D eigenvalue weighted by molar-refractivity contribution is -0.116. The third-order valence-electron chi connectivity index (χ3n) is 6.39. The molecule has 0 fully saturated rings. The van der Waals surface area contributed by atoms with Gasteiger partial charge in [0.2, 0.25) is 11.9 Å². The number of anilines is 1. The zero-order valence-corrected chi connectivity index (χ0v) is 20.3. The van der Waals surface area contributed by atoms with Gasteiger partial charge in [-0.05, 0) is 37.8 Å². The van der Waals surface area contributed by atoms with Crippen LogP contribution in [0.4, 0.5) is 5.82 Å². The second-order valence-electron chi connectivity index (χ2n) is 8.78. The van der Waals surface area contributed by atoms with Crippen LogP contribution in [0, 0.1) is 0 Å². The number of aromatic nitrogens is 6. The minimum absolute atomic E-state index is 0.0291. The molecule has 0 radical (unpaired) electrons. The maximum Gasteiger partial charge on any atom is 0.257 e. The highest BCUT2D eigenvalue weighted by Gasteiger charge is 2.31. The van der Waals surface area contributed by atoms with Crippen molar-refractivity contribution in [1.82, 2.24) is 29.3 Å². The number of rotatable bonds is 6. The van der Waals surface area contributed by atoms with Gasteiger partial charge in [0.25, 0.3) is 11.1 Å². The Morgan fingerprint density at radius 1 is 1.28 bits per heavy atom. The number of hydrogen-bond acceptors (Lipinski definition) is 8. The highest BCUT2D eigenvalue weighted by molar-refractivity contribution is 7.99. The van der Waals surface area contributed by atoms with E-state index in [1.807, 2.05) is 6.92 Å². The molecule has 2 aliphatic rings. The molecule has 1 atom stereocenters. The predicted octanol–water partition coefficient (Wildman–Crippen LogP) is 2.50. The molecule has 11 nitrogen and oxygen atoms in total. The van der Waals surface area contributed by atoms with Crippen molar-refractivity contribution in [3.63, 3.8) is 0 Å². The summed E-state index contributed by atoms with van der Waals surface area (Å²) in [5.41, 5.74) is 2.40. The number of furan rings is 1. The fraction of sp³-hybridized carbons (Fsp3) is 0.333. The van der Waals surface area contributed by atoms with Crippen LogP contribution in [0.15, 0.2) is 49.7 Å². The van der Waals surface area contributed by atoms with Gasteiger partial charge >= 0.3 is 0 Å². The van der Waals surface area contributed by atoms with E-state index in [2.05, 4.69) is 25.4 Å². The minimum Gasteiger partial charge on any atom is -0.463 e. The number of nitrogens with one attached hydrogen (secondary N) is 2. The summed E-state index contributed by atoms with van der Waals surface area (Å²) in [6.07, 6.45) is 4.70. The topological polar surface area (TPSA) is 141 Å². The molecule has 0 aromatic carbocycles. The quantitative estimate of drug-likeness (QED) is 0.381. The predicted molar refractivity (Wildman–Crippen MR) is 133 cm³/mol. The maximum atomic E-state index is 13.2. The molecule has 1 aliphatic carbocycles. The Balaban J connectivity index is 1.31. The van der Waals surface area contributed by atoms with E-state index < -0.39 is 0 Å². The van der Waals surface area contributed by atoms with Gasteiger partial charge in [-0.1, -0.05) is 18.7 Å². The van der Waals surface area contributed by atoms with Crippen LogP contribution in [0.3, 0.4) is 0 Å². The molecule has 0 bridgehead atoms. The number of fused-ring (bicyclic) bond motifs is 2. The first kappa shape index (κ1) is 22.5. The molecular weight excluding hydrogens is 482 g/mol. The monoisotopic (exact) mass is 505 g/mol. The van der Waals surface area contributed by atoms with Crippen LogP contribution in [0.2, 0.25) is 0 Å². The first-order valence-corrected chi connectivity index (χ1v) is 12.8. The average Bonchev–Trinajstić information content (AvgIpc) is 3.65. The summed E-state index contributed by atoms with van der Waals surface area (Å²) in [5.74, 6) is 1.33. The Labute approximate surface area is 209 Å². The molecule has 1 aliphatic heterocycles. The number of hydrogen-bond donors (Lipinski definition) is 2. The minimum atomic E-state index is -0.317. The summed E-state index contributed by atoms with van der Waals surface area (Å²) in [5, 5.41) is 8.09. The van der Waals surface area contributed by atoms with Crippen molar-refractivity contribution in [2.24, 2.45) is 0 Å². The zero-order valence-electron chi connectivity index (χ0n) is 19.5. The van der Waals surface area contributed by atoms with Gasteiger partial charge in [0.1, 0.15) is 11.5 Å². The number of nitrogens with zero attached hydrogens (tertiary/aromatic N) is 5. The van der Waals surface area contributed by atoms with Crippen molar-refractivity contribution in [3.05, 3.63) is 68.2 Å². The zero-order chi connectivity index (χ0) is 24.8. The lowest BCUT2D eigenvalue weighted by atomic mass is 10.2. The van der Waals surface area contributed by atoms with E-state index in [4.69, 9.17) is 4.42 Å². The molecule has 5 heterocycles. The summed E-state index contributed by atoms with van der Waals surface area (Å²) in [6.45, 7) is 1.90. The van der Waals surface area contributed by atoms with Crippen LogP contribution >= 0.6 is 11.8 Å². The van der Waals surface area contributed by atoms with Crippen LogP contribution < -0.4 is 16.4 Å². The first-order valence-electron chi connectivity index (χ1n) is 11.8. The van der Waals surface area contributed by atoms with Gasteiger partial charge in [-0.2, -0.15) is 9.78 Å². The van der Waals surface area contributed by atoms with Crippen molar-refractivity contribution >= 4 is 23.5 Å². The van der Waals surface area contributed by atoms with Gasteiger partial charge in [-0.15, -0.1) is 0 Å². The van der Waals surface area contributed by atoms with E-state index in [9.17, 15) is 14.4 Å².